The molecule has 1 N–H and O–H groups in total. The fraction of sp³-hybridized carbons (Fsp3) is 0. The lowest BCUT2D eigenvalue weighted by atomic mass is 10.1. The third-order valence-electron chi connectivity index (χ3n) is 3.77. The highest BCUT2D eigenvalue weighted by Gasteiger charge is 2.09. The second-order valence-electron chi connectivity index (χ2n) is 5.42. The Hall–Kier alpha value is -2.69. The lowest BCUT2D eigenvalue weighted by molar-refractivity contribution is 1.22. The summed E-state index contributed by atoms with van der Waals surface area (Å²) in [5, 5.41) is 5.50. The number of fused-ring (bicyclic) bond motifs is 1. The van der Waals surface area contributed by atoms with Gasteiger partial charge in [0.25, 0.3) is 0 Å². The lowest BCUT2D eigenvalue weighted by Gasteiger charge is -2.11. The van der Waals surface area contributed by atoms with E-state index in [-0.39, 0.29) is 0 Å². The van der Waals surface area contributed by atoms with E-state index < -0.39 is 0 Å². The van der Waals surface area contributed by atoms with Crippen molar-refractivity contribution >= 4 is 45.6 Å². The van der Waals surface area contributed by atoms with Crippen LogP contribution in [-0.2, 0) is 0 Å². The van der Waals surface area contributed by atoms with E-state index in [2.05, 4.69) is 20.3 Å². The van der Waals surface area contributed by atoms with E-state index >= 15 is 0 Å². The van der Waals surface area contributed by atoms with Gasteiger partial charge in [-0.3, -0.25) is 4.98 Å². The van der Waals surface area contributed by atoms with Crippen LogP contribution in [0.15, 0.2) is 67.1 Å². The van der Waals surface area contributed by atoms with Gasteiger partial charge < -0.3 is 5.32 Å². The summed E-state index contributed by atoms with van der Waals surface area (Å²) in [6, 6.07) is 17.0. The van der Waals surface area contributed by atoms with Crippen LogP contribution < -0.4 is 5.32 Å². The zero-order valence-electron chi connectivity index (χ0n) is 12.9. The van der Waals surface area contributed by atoms with Crippen molar-refractivity contribution in [1.29, 1.82) is 0 Å². The van der Waals surface area contributed by atoms with Crippen LogP contribution in [0.2, 0.25) is 10.0 Å². The average Bonchev–Trinajstić information content (AvgIpc) is 2.64. The first-order valence-corrected chi connectivity index (χ1v) is 8.34. The molecular formula is C19H12Cl2N4. The minimum atomic E-state index is 0.640. The SMILES string of the molecule is Clc1ccc2c(Nc3ccc(Cl)c(-c4ccccn4)c3)ncnc2c1. The summed E-state index contributed by atoms with van der Waals surface area (Å²) in [6.45, 7) is 0. The van der Waals surface area contributed by atoms with Gasteiger partial charge in [0.05, 0.1) is 16.2 Å². The number of hydrogen-bond donors (Lipinski definition) is 1. The molecule has 0 unspecified atom stereocenters. The average molecular weight is 367 g/mol. The van der Waals surface area contributed by atoms with Crippen LogP contribution in [0, 0.1) is 0 Å². The Kier molecular flexibility index (Phi) is 4.22. The minimum absolute atomic E-state index is 0.640. The van der Waals surface area contributed by atoms with Crippen molar-refractivity contribution < 1.29 is 0 Å². The summed E-state index contributed by atoms with van der Waals surface area (Å²) in [6.07, 6.45) is 3.25. The van der Waals surface area contributed by atoms with Crippen LogP contribution in [0.5, 0.6) is 0 Å². The van der Waals surface area contributed by atoms with E-state index in [9.17, 15) is 0 Å². The Morgan fingerprint density at radius 3 is 2.60 bits per heavy atom. The molecule has 4 nitrogen and oxygen atoms in total. The van der Waals surface area contributed by atoms with Crippen molar-refractivity contribution in [2.24, 2.45) is 0 Å². The quantitative estimate of drug-likeness (QED) is 0.502. The van der Waals surface area contributed by atoms with E-state index in [1.54, 1.807) is 6.20 Å². The van der Waals surface area contributed by atoms with Crippen LogP contribution >= 0.6 is 23.2 Å². The zero-order valence-corrected chi connectivity index (χ0v) is 14.5. The monoisotopic (exact) mass is 366 g/mol. The number of nitrogens with zero attached hydrogens (tertiary/aromatic N) is 3. The van der Waals surface area contributed by atoms with Crippen molar-refractivity contribution in [3.05, 3.63) is 77.2 Å². The van der Waals surface area contributed by atoms with Crippen LogP contribution in [0.3, 0.4) is 0 Å². The number of benzene rings is 2. The molecule has 0 saturated carbocycles. The Morgan fingerprint density at radius 1 is 0.840 bits per heavy atom. The number of anilines is 2. The number of rotatable bonds is 3. The highest BCUT2D eigenvalue weighted by Crippen LogP contribution is 2.31. The maximum absolute atomic E-state index is 6.34. The standard InChI is InChI=1S/C19H12Cl2N4/c20-12-4-6-14-18(9-12)23-11-24-19(14)25-13-5-7-16(21)15(10-13)17-3-1-2-8-22-17/h1-11H,(H,23,24,25). The van der Waals surface area contributed by atoms with Crippen molar-refractivity contribution in [1.82, 2.24) is 15.0 Å². The highest BCUT2D eigenvalue weighted by atomic mass is 35.5. The van der Waals surface area contributed by atoms with Gasteiger partial charge in [-0.25, -0.2) is 9.97 Å². The molecule has 0 aliphatic rings. The predicted octanol–water partition coefficient (Wildman–Crippen LogP) is 5.74. The lowest BCUT2D eigenvalue weighted by Crippen LogP contribution is -1.96. The minimum Gasteiger partial charge on any atom is -0.340 e. The maximum atomic E-state index is 6.34. The molecule has 0 saturated heterocycles. The molecule has 0 amide bonds. The summed E-state index contributed by atoms with van der Waals surface area (Å²) in [7, 11) is 0. The molecular weight excluding hydrogens is 355 g/mol. The molecule has 2 aromatic heterocycles. The van der Waals surface area contributed by atoms with E-state index in [1.807, 2.05) is 54.6 Å². The van der Waals surface area contributed by atoms with Crippen LogP contribution in [0.25, 0.3) is 22.2 Å². The van der Waals surface area contributed by atoms with Gasteiger partial charge in [-0.1, -0.05) is 29.3 Å². The second kappa shape index (κ2) is 6.67. The number of pyridine rings is 1. The molecule has 2 aromatic carbocycles. The fourth-order valence-corrected chi connectivity index (χ4v) is 2.97. The first-order valence-electron chi connectivity index (χ1n) is 7.59. The first kappa shape index (κ1) is 15.8. The largest absolute Gasteiger partial charge is 0.340 e. The van der Waals surface area contributed by atoms with Gasteiger partial charge in [0, 0.05) is 27.9 Å². The molecule has 0 aliphatic heterocycles. The molecule has 0 radical (unpaired) electrons. The summed E-state index contributed by atoms with van der Waals surface area (Å²) in [5.74, 6) is 0.705. The molecule has 0 spiro atoms. The summed E-state index contributed by atoms with van der Waals surface area (Å²) >= 11 is 12.4. The van der Waals surface area contributed by atoms with Gasteiger partial charge in [-0.15, -0.1) is 0 Å². The van der Waals surface area contributed by atoms with Crippen LogP contribution in [0.1, 0.15) is 0 Å². The van der Waals surface area contributed by atoms with Crippen LogP contribution in [0.4, 0.5) is 11.5 Å². The van der Waals surface area contributed by atoms with Crippen molar-refractivity contribution in [3.63, 3.8) is 0 Å². The zero-order chi connectivity index (χ0) is 17.2. The van der Waals surface area contributed by atoms with Gasteiger partial charge in [-0.2, -0.15) is 0 Å². The van der Waals surface area contributed by atoms with E-state index in [0.29, 0.717) is 15.9 Å². The predicted molar refractivity (Wildman–Crippen MR) is 103 cm³/mol. The number of aromatic nitrogens is 3. The molecule has 25 heavy (non-hydrogen) atoms. The van der Waals surface area contributed by atoms with Crippen molar-refractivity contribution in [3.8, 4) is 11.3 Å². The molecule has 0 aliphatic carbocycles. The van der Waals surface area contributed by atoms with E-state index in [1.165, 1.54) is 6.33 Å². The molecule has 0 bridgehead atoms. The molecule has 6 heteroatoms. The van der Waals surface area contributed by atoms with Crippen molar-refractivity contribution in [2.75, 3.05) is 5.32 Å². The topological polar surface area (TPSA) is 50.7 Å². The Morgan fingerprint density at radius 2 is 1.76 bits per heavy atom. The molecule has 4 aromatic rings. The van der Waals surface area contributed by atoms with E-state index in [4.69, 9.17) is 23.2 Å². The molecule has 0 atom stereocenters. The second-order valence-corrected chi connectivity index (χ2v) is 6.26. The Balaban J connectivity index is 1.75. The summed E-state index contributed by atoms with van der Waals surface area (Å²) < 4.78 is 0. The van der Waals surface area contributed by atoms with E-state index in [0.717, 1.165) is 27.8 Å². The van der Waals surface area contributed by atoms with Gasteiger partial charge in [0.15, 0.2) is 0 Å². The summed E-state index contributed by atoms with van der Waals surface area (Å²) in [5.41, 5.74) is 3.31. The number of nitrogens with one attached hydrogen (secondary N) is 1. The van der Waals surface area contributed by atoms with Gasteiger partial charge in [0.2, 0.25) is 0 Å². The Labute approximate surface area is 154 Å². The third kappa shape index (κ3) is 3.27. The molecule has 4 rings (SSSR count). The smallest absolute Gasteiger partial charge is 0.141 e. The number of halogens is 2. The summed E-state index contributed by atoms with van der Waals surface area (Å²) in [4.78, 5) is 13.0. The molecule has 0 fully saturated rings. The highest BCUT2D eigenvalue weighted by molar-refractivity contribution is 6.33. The van der Waals surface area contributed by atoms with Crippen LogP contribution in [-0.4, -0.2) is 15.0 Å². The third-order valence-corrected chi connectivity index (χ3v) is 4.33. The number of hydrogen-bond acceptors (Lipinski definition) is 4. The normalized spacial score (nSPS) is 10.8. The molecule has 122 valence electrons. The fourth-order valence-electron chi connectivity index (χ4n) is 2.59. The Bertz CT molecular complexity index is 1050. The molecule has 2 heterocycles. The first-order chi connectivity index (χ1) is 12.2. The van der Waals surface area contributed by atoms with Gasteiger partial charge in [0.1, 0.15) is 12.1 Å². The van der Waals surface area contributed by atoms with Crippen molar-refractivity contribution in [2.45, 2.75) is 0 Å². The van der Waals surface area contributed by atoms with Gasteiger partial charge in [-0.05, 0) is 48.5 Å². The maximum Gasteiger partial charge on any atom is 0.141 e. The van der Waals surface area contributed by atoms with Gasteiger partial charge >= 0.3 is 0 Å².